The van der Waals surface area contributed by atoms with E-state index in [0.717, 1.165) is 38.1 Å². The quantitative estimate of drug-likeness (QED) is 0.226. The minimum Gasteiger partial charge on any atom is -0.317 e. The predicted octanol–water partition coefficient (Wildman–Crippen LogP) is 5.71. The van der Waals surface area contributed by atoms with Crippen molar-refractivity contribution in [2.45, 2.75) is 32.6 Å². The van der Waals surface area contributed by atoms with Crippen LogP contribution in [0.5, 0.6) is 0 Å². The van der Waals surface area contributed by atoms with E-state index < -0.39 is 22.5 Å². The molecule has 1 amide bonds. The topological polar surface area (TPSA) is 83.8 Å². The van der Waals surface area contributed by atoms with Crippen molar-refractivity contribution in [1.82, 2.24) is 9.99 Å². The van der Waals surface area contributed by atoms with E-state index in [1.54, 1.807) is 42.6 Å². The Bertz CT molecular complexity index is 1590. The summed E-state index contributed by atoms with van der Waals surface area (Å²) in [4.78, 5) is 12.9. The molecule has 0 fully saturated rings. The number of anilines is 1. The molecule has 196 valence electrons. The highest BCUT2D eigenvalue weighted by molar-refractivity contribution is 7.92. The number of nitrogens with zero attached hydrogens (tertiary/aromatic N) is 3. The van der Waals surface area contributed by atoms with Gasteiger partial charge in [0.2, 0.25) is 0 Å². The monoisotopic (exact) mass is 548 g/mol. The smallest absolute Gasteiger partial charge is 0.264 e. The summed E-state index contributed by atoms with van der Waals surface area (Å²) < 4.78 is 30.0. The van der Waals surface area contributed by atoms with Gasteiger partial charge in [0.05, 0.1) is 22.5 Å². The van der Waals surface area contributed by atoms with Crippen LogP contribution in [0.4, 0.5) is 5.69 Å². The van der Waals surface area contributed by atoms with Gasteiger partial charge >= 0.3 is 0 Å². The molecule has 4 rings (SSSR count). The van der Waals surface area contributed by atoms with Crippen molar-refractivity contribution in [3.63, 3.8) is 0 Å². The SMILES string of the molecule is Cc1cccc(C)c1-n1c(C)cc(/C=N\NC(=O)CN(c2cccc(Cl)c2)S(=O)(=O)c2ccccc2)c1C. The lowest BCUT2D eigenvalue weighted by Crippen LogP contribution is -2.39. The van der Waals surface area contributed by atoms with Crippen molar-refractivity contribution >= 4 is 39.4 Å². The van der Waals surface area contributed by atoms with E-state index in [4.69, 9.17) is 11.6 Å². The van der Waals surface area contributed by atoms with E-state index in [1.807, 2.05) is 26.0 Å². The Morgan fingerprint density at radius 2 is 1.61 bits per heavy atom. The molecular weight excluding hydrogens is 520 g/mol. The van der Waals surface area contributed by atoms with Gasteiger partial charge in [-0.1, -0.05) is 54.1 Å². The molecule has 0 saturated heterocycles. The maximum absolute atomic E-state index is 13.4. The molecule has 1 heterocycles. The zero-order valence-electron chi connectivity index (χ0n) is 21.6. The molecular formula is C29H29ClN4O3S. The fraction of sp³-hybridized carbons (Fsp3) is 0.172. The molecule has 1 aromatic heterocycles. The van der Waals surface area contributed by atoms with Crippen LogP contribution in [0.1, 0.15) is 28.1 Å². The molecule has 0 spiro atoms. The number of aromatic nitrogens is 1. The first-order chi connectivity index (χ1) is 18.1. The van der Waals surface area contributed by atoms with Crippen molar-refractivity contribution in [3.8, 4) is 5.69 Å². The minimum atomic E-state index is -4.03. The Balaban J connectivity index is 1.57. The third kappa shape index (κ3) is 5.66. The molecule has 7 nitrogen and oxygen atoms in total. The molecule has 0 aliphatic carbocycles. The highest BCUT2D eigenvalue weighted by Gasteiger charge is 2.27. The first-order valence-electron chi connectivity index (χ1n) is 12.0. The summed E-state index contributed by atoms with van der Waals surface area (Å²) >= 11 is 6.12. The van der Waals surface area contributed by atoms with Gasteiger partial charge in [0, 0.05) is 22.0 Å². The van der Waals surface area contributed by atoms with Crippen LogP contribution in [-0.2, 0) is 14.8 Å². The second kappa shape index (κ2) is 11.2. The molecule has 4 aromatic rings. The van der Waals surface area contributed by atoms with Crippen LogP contribution in [0.25, 0.3) is 5.69 Å². The zero-order chi connectivity index (χ0) is 27.4. The Kier molecular flexibility index (Phi) is 8.04. The van der Waals surface area contributed by atoms with Crippen LogP contribution in [0.2, 0.25) is 5.02 Å². The van der Waals surface area contributed by atoms with Crippen LogP contribution in [0, 0.1) is 27.7 Å². The summed E-state index contributed by atoms with van der Waals surface area (Å²) in [6, 6.07) is 22.5. The third-order valence-electron chi connectivity index (χ3n) is 6.24. The Hall–Kier alpha value is -3.88. The van der Waals surface area contributed by atoms with Gasteiger partial charge in [0.1, 0.15) is 6.54 Å². The number of amides is 1. The number of hydrazone groups is 1. The van der Waals surface area contributed by atoms with Crippen molar-refractivity contribution in [2.75, 3.05) is 10.8 Å². The molecule has 0 aliphatic rings. The van der Waals surface area contributed by atoms with Gasteiger partial charge in [-0.25, -0.2) is 13.8 Å². The lowest BCUT2D eigenvalue weighted by atomic mass is 10.1. The minimum absolute atomic E-state index is 0.0650. The number of carbonyl (C=O) groups excluding carboxylic acids is 1. The summed E-state index contributed by atoms with van der Waals surface area (Å²) in [7, 11) is -4.03. The number of carbonyl (C=O) groups is 1. The summed E-state index contributed by atoms with van der Waals surface area (Å²) in [5, 5.41) is 4.48. The van der Waals surface area contributed by atoms with Gasteiger partial charge in [0.25, 0.3) is 15.9 Å². The second-order valence-corrected chi connectivity index (χ2v) is 11.3. The predicted molar refractivity (Wildman–Crippen MR) is 153 cm³/mol. The van der Waals surface area contributed by atoms with Crippen molar-refractivity contribution in [1.29, 1.82) is 0 Å². The Morgan fingerprint density at radius 3 is 2.26 bits per heavy atom. The van der Waals surface area contributed by atoms with E-state index in [2.05, 4.69) is 41.1 Å². The van der Waals surface area contributed by atoms with Gasteiger partial charge in [-0.3, -0.25) is 9.10 Å². The summed E-state index contributed by atoms with van der Waals surface area (Å²) in [5.41, 5.74) is 9.03. The van der Waals surface area contributed by atoms with Crippen LogP contribution in [-0.4, -0.2) is 31.7 Å². The lowest BCUT2D eigenvalue weighted by molar-refractivity contribution is -0.119. The summed E-state index contributed by atoms with van der Waals surface area (Å²) in [5.74, 6) is -0.593. The van der Waals surface area contributed by atoms with Gasteiger partial charge in [-0.15, -0.1) is 0 Å². The maximum atomic E-state index is 13.4. The molecule has 0 atom stereocenters. The molecule has 1 N–H and O–H groups in total. The van der Waals surface area contributed by atoms with Crippen LogP contribution in [0.3, 0.4) is 0 Å². The van der Waals surface area contributed by atoms with Crippen LogP contribution < -0.4 is 9.73 Å². The first-order valence-corrected chi connectivity index (χ1v) is 13.8. The van der Waals surface area contributed by atoms with Crippen molar-refractivity contribution < 1.29 is 13.2 Å². The standard InChI is InChI=1S/C29H29ClN4O3S/c1-20-10-8-11-21(2)29(20)34-22(3)16-24(23(34)4)18-31-32-28(35)19-33(26-13-9-12-25(30)17-26)38(36,37)27-14-6-5-7-15-27/h5-18H,19H2,1-4H3,(H,32,35)/b31-18-. The fourth-order valence-electron chi connectivity index (χ4n) is 4.43. The fourth-order valence-corrected chi connectivity index (χ4v) is 6.04. The highest BCUT2D eigenvalue weighted by Crippen LogP contribution is 2.27. The van der Waals surface area contributed by atoms with Gasteiger partial charge < -0.3 is 4.57 Å². The second-order valence-electron chi connectivity index (χ2n) is 9.00. The van der Waals surface area contributed by atoms with Gasteiger partial charge in [-0.05, 0) is 75.2 Å². The number of benzene rings is 3. The van der Waals surface area contributed by atoms with E-state index >= 15 is 0 Å². The summed E-state index contributed by atoms with van der Waals surface area (Å²) in [6.45, 7) is 7.69. The number of para-hydroxylation sites is 1. The Morgan fingerprint density at radius 1 is 0.947 bits per heavy atom. The largest absolute Gasteiger partial charge is 0.317 e. The molecule has 0 radical (unpaired) electrons. The maximum Gasteiger partial charge on any atom is 0.264 e. The van der Waals surface area contributed by atoms with Crippen molar-refractivity contribution in [2.24, 2.45) is 5.10 Å². The first kappa shape index (κ1) is 27.2. The average molecular weight is 549 g/mol. The van der Waals surface area contributed by atoms with Gasteiger partial charge in [-0.2, -0.15) is 5.10 Å². The normalized spacial score (nSPS) is 11.6. The highest BCUT2D eigenvalue weighted by atomic mass is 35.5. The number of rotatable bonds is 8. The molecule has 0 aliphatic heterocycles. The molecule has 9 heteroatoms. The van der Waals surface area contributed by atoms with Crippen LogP contribution in [0.15, 0.2) is 88.9 Å². The lowest BCUT2D eigenvalue weighted by Gasteiger charge is -2.23. The van der Waals surface area contributed by atoms with Crippen molar-refractivity contribution in [3.05, 3.63) is 112 Å². The number of sulfonamides is 1. The van der Waals surface area contributed by atoms with E-state index in [0.29, 0.717) is 5.02 Å². The molecule has 0 bridgehead atoms. The number of aryl methyl sites for hydroxylation is 3. The van der Waals surface area contributed by atoms with E-state index in [1.165, 1.54) is 18.2 Å². The zero-order valence-corrected chi connectivity index (χ0v) is 23.2. The number of nitrogens with one attached hydrogen (secondary N) is 1. The molecule has 38 heavy (non-hydrogen) atoms. The van der Waals surface area contributed by atoms with E-state index in [-0.39, 0.29) is 10.6 Å². The number of halogens is 1. The Labute approximate surface area is 228 Å². The van der Waals surface area contributed by atoms with Crippen LogP contribution >= 0.6 is 11.6 Å². The average Bonchev–Trinajstić information content (AvgIpc) is 3.15. The van der Waals surface area contributed by atoms with Gasteiger partial charge in [0.15, 0.2) is 0 Å². The third-order valence-corrected chi connectivity index (χ3v) is 8.26. The van der Waals surface area contributed by atoms with E-state index in [9.17, 15) is 13.2 Å². The molecule has 0 unspecified atom stereocenters. The number of hydrogen-bond donors (Lipinski definition) is 1. The molecule has 3 aromatic carbocycles. The molecule has 0 saturated carbocycles. The summed E-state index contributed by atoms with van der Waals surface area (Å²) in [6.07, 6.45) is 1.57. The number of hydrogen-bond acceptors (Lipinski definition) is 4.